The molecule has 0 radical (unpaired) electrons. The maximum Gasteiger partial charge on any atom is 0.243 e. The molecule has 0 fully saturated rings. The Balaban J connectivity index is 1.89. The quantitative estimate of drug-likeness (QED) is 0.242. The number of aryl methyl sites for hydroxylation is 1. The summed E-state index contributed by atoms with van der Waals surface area (Å²) < 4.78 is 27.8. The van der Waals surface area contributed by atoms with Gasteiger partial charge in [-0.15, -0.1) is 0 Å². The summed E-state index contributed by atoms with van der Waals surface area (Å²) in [6.07, 6.45) is 2.74. The minimum Gasteiger partial charge on any atom is -0.354 e. The van der Waals surface area contributed by atoms with Crippen LogP contribution in [0.15, 0.2) is 77.3 Å². The first kappa shape index (κ1) is 32.3. The molecule has 0 spiro atoms. The smallest absolute Gasteiger partial charge is 0.243 e. The fraction of sp³-hybridized carbons (Fsp3) is 0.375. The van der Waals surface area contributed by atoms with Gasteiger partial charge in [-0.3, -0.25) is 13.9 Å². The lowest BCUT2D eigenvalue weighted by molar-refractivity contribution is -0.141. The molecule has 0 unspecified atom stereocenters. The van der Waals surface area contributed by atoms with E-state index in [0.29, 0.717) is 25.1 Å². The second-order valence-corrected chi connectivity index (χ2v) is 13.1. The van der Waals surface area contributed by atoms with Crippen LogP contribution in [0.5, 0.6) is 0 Å². The van der Waals surface area contributed by atoms with Gasteiger partial charge >= 0.3 is 0 Å². The highest BCUT2D eigenvalue weighted by molar-refractivity contribution is 9.10. The second kappa shape index (κ2) is 15.2. The molecule has 0 heterocycles. The van der Waals surface area contributed by atoms with Crippen molar-refractivity contribution in [3.05, 3.63) is 99.5 Å². The topological polar surface area (TPSA) is 86.8 Å². The molecule has 0 aliphatic rings. The van der Waals surface area contributed by atoms with Crippen LogP contribution in [0.25, 0.3) is 0 Å². The number of carbonyl (C=O) groups excluding carboxylic acids is 2. The summed E-state index contributed by atoms with van der Waals surface area (Å²) in [6, 6.07) is 22.2. The van der Waals surface area contributed by atoms with Gasteiger partial charge in [-0.1, -0.05) is 77.5 Å². The van der Waals surface area contributed by atoms with E-state index in [1.54, 1.807) is 11.0 Å². The van der Waals surface area contributed by atoms with Gasteiger partial charge in [-0.25, -0.2) is 8.42 Å². The molecule has 0 bridgehead atoms. The summed E-state index contributed by atoms with van der Waals surface area (Å²) in [5.41, 5.74) is 4.34. The lowest BCUT2D eigenvalue weighted by Gasteiger charge is -2.32. The number of hydrogen-bond acceptors (Lipinski definition) is 4. The first-order valence-corrected chi connectivity index (χ1v) is 16.5. The third-order valence-corrected chi connectivity index (χ3v) is 8.73. The number of nitrogens with zero attached hydrogens (tertiary/aromatic N) is 2. The molecule has 9 heteroatoms. The highest BCUT2D eigenvalue weighted by atomic mass is 79.9. The van der Waals surface area contributed by atoms with Crippen LogP contribution in [0.4, 0.5) is 5.69 Å². The SMILES string of the molecule is CCCNC(=O)[C@@H](Cc1ccccc1)N(Cc1cccc(Br)c1)C(=O)CCCN(c1cccc(C)c1C)S(C)(=O)=O. The van der Waals surface area contributed by atoms with Crippen LogP contribution in [0.3, 0.4) is 0 Å². The number of carbonyl (C=O) groups is 2. The van der Waals surface area contributed by atoms with Crippen LogP contribution in [0.2, 0.25) is 0 Å². The van der Waals surface area contributed by atoms with Crippen molar-refractivity contribution < 1.29 is 18.0 Å². The molecule has 1 N–H and O–H groups in total. The van der Waals surface area contributed by atoms with Crippen LogP contribution >= 0.6 is 15.9 Å². The van der Waals surface area contributed by atoms with Gasteiger partial charge in [0.25, 0.3) is 0 Å². The zero-order valence-electron chi connectivity index (χ0n) is 24.3. The first-order chi connectivity index (χ1) is 19.5. The predicted molar refractivity (Wildman–Crippen MR) is 169 cm³/mol. The minimum absolute atomic E-state index is 0.0945. The van der Waals surface area contributed by atoms with Crippen molar-refractivity contribution in [2.45, 2.75) is 59.0 Å². The summed E-state index contributed by atoms with van der Waals surface area (Å²) in [5.74, 6) is -0.404. The number of sulfonamides is 1. The molecule has 3 aromatic carbocycles. The standard InChI is InChI=1S/C32H40BrN3O4S/c1-5-19-34-32(38)30(22-26-13-7-6-8-14-26)35(23-27-15-10-16-28(33)21-27)31(37)18-11-20-36(41(4,39)40)29-17-9-12-24(2)25(29)3/h6-10,12-17,21,30H,5,11,18-20,22-23H2,1-4H3,(H,34,38)/t30-/m1/s1. The van der Waals surface area contributed by atoms with E-state index in [1.807, 2.05) is 87.5 Å². The van der Waals surface area contributed by atoms with Crippen LogP contribution in [0, 0.1) is 13.8 Å². The van der Waals surface area contributed by atoms with E-state index in [-0.39, 0.29) is 31.3 Å². The Morgan fingerprint density at radius 1 is 0.951 bits per heavy atom. The van der Waals surface area contributed by atoms with Crippen molar-refractivity contribution in [2.75, 3.05) is 23.7 Å². The van der Waals surface area contributed by atoms with Crippen molar-refractivity contribution in [3.8, 4) is 0 Å². The lowest BCUT2D eigenvalue weighted by atomic mass is 10.0. The summed E-state index contributed by atoms with van der Waals surface area (Å²) in [5, 5.41) is 2.98. The highest BCUT2D eigenvalue weighted by Gasteiger charge is 2.30. The molecule has 0 saturated heterocycles. The fourth-order valence-electron chi connectivity index (χ4n) is 4.74. The average Bonchev–Trinajstić information content (AvgIpc) is 2.93. The van der Waals surface area contributed by atoms with E-state index in [0.717, 1.165) is 33.1 Å². The molecule has 0 saturated carbocycles. The number of halogens is 1. The van der Waals surface area contributed by atoms with Crippen LogP contribution in [-0.2, 0) is 32.6 Å². The molecule has 3 rings (SSSR count). The first-order valence-electron chi connectivity index (χ1n) is 13.9. The van der Waals surface area contributed by atoms with Crippen molar-refractivity contribution in [3.63, 3.8) is 0 Å². The van der Waals surface area contributed by atoms with E-state index in [4.69, 9.17) is 0 Å². The summed E-state index contributed by atoms with van der Waals surface area (Å²) in [7, 11) is -3.57. The monoisotopic (exact) mass is 641 g/mol. The number of hydrogen-bond donors (Lipinski definition) is 1. The molecular weight excluding hydrogens is 602 g/mol. The third kappa shape index (κ3) is 9.43. The van der Waals surface area contributed by atoms with Crippen molar-refractivity contribution >= 4 is 43.5 Å². The van der Waals surface area contributed by atoms with Crippen molar-refractivity contribution in [2.24, 2.45) is 0 Å². The Labute approximate surface area is 253 Å². The van der Waals surface area contributed by atoms with E-state index < -0.39 is 16.1 Å². The van der Waals surface area contributed by atoms with Gasteiger partial charge in [-0.05, 0) is 67.1 Å². The summed E-state index contributed by atoms with van der Waals surface area (Å²) in [6.45, 7) is 6.76. The third-order valence-electron chi connectivity index (χ3n) is 7.06. The second-order valence-electron chi connectivity index (χ2n) is 10.3. The zero-order valence-corrected chi connectivity index (χ0v) is 26.7. The molecule has 0 aliphatic carbocycles. The Morgan fingerprint density at radius 2 is 1.63 bits per heavy atom. The van der Waals surface area contributed by atoms with Crippen molar-refractivity contribution in [1.29, 1.82) is 0 Å². The molecule has 1 atom stereocenters. The molecule has 7 nitrogen and oxygen atoms in total. The molecule has 220 valence electrons. The zero-order chi connectivity index (χ0) is 30.0. The maximum absolute atomic E-state index is 13.9. The van der Waals surface area contributed by atoms with Gasteiger partial charge in [0.05, 0.1) is 11.9 Å². The minimum atomic E-state index is -3.57. The van der Waals surface area contributed by atoms with Crippen LogP contribution in [0.1, 0.15) is 48.4 Å². The fourth-order valence-corrected chi connectivity index (χ4v) is 6.20. The molecule has 2 amide bonds. The van der Waals surface area contributed by atoms with Gasteiger partial charge < -0.3 is 10.2 Å². The number of rotatable bonds is 14. The van der Waals surface area contributed by atoms with Gasteiger partial charge in [-0.2, -0.15) is 0 Å². The van der Waals surface area contributed by atoms with E-state index in [9.17, 15) is 18.0 Å². The molecule has 41 heavy (non-hydrogen) atoms. The van der Waals surface area contributed by atoms with Gasteiger partial charge in [0, 0.05) is 36.9 Å². The van der Waals surface area contributed by atoms with Gasteiger partial charge in [0.2, 0.25) is 21.8 Å². The van der Waals surface area contributed by atoms with E-state index >= 15 is 0 Å². The predicted octanol–water partition coefficient (Wildman–Crippen LogP) is 5.78. The lowest BCUT2D eigenvalue weighted by Crippen LogP contribution is -2.50. The largest absolute Gasteiger partial charge is 0.354 e. The Morgan fingerprint density at radius 3 is 2.29 bits per heavy atom. The average molecular weight is 643 g/mol. The van der Waals surface area contributed by atoms with Crippen molar-refractivity contribution in [1.82, 2.24) is 10.2 Å². The van der Waals surface area contributed by atoms with E-state index in [1.165, 1.54) is 10.6 Å². The highest BCUT2D eigenvalue weighted by Crippen LogP contribution is 2.26. The summed E-state index contributed by atoms with van der Waals surface area (Å²) in [4.78, 5) is 29.0. The number of anilines is 1. The van der Waals surface area contributed by atoms with Gasteiger partial charge in [0.1, 0.15) is 6.04 Å². The summed E-state index contributed by atoms with van der Waals surface area (Å²) >= 11 is 3.51. The molecule has 0 aromatic heterocycles. The Kier molecular flexibility index (Phi) is 12.0. The molecule has 3 aromatic rings. The van der Waals surface area contributed by atoms with Crippen LogP contribution < -0.4 is 9.62 Å². The number of benzene rings is 3. The number of amides is 2. The van der Waals surface area contributed by atoms with E-state index in [2.05, 4.69) is 21.2 Å². The normalized spacial score (nSPS) is 12.0. The maximum atomic E-state index is 13.9. The number of nitrogens with one attached hydrogen (secondary N) is 1. The van der Waals surface area contributed by atoms with Gasteiger partial charge in [0.15, 0.2) is 0 Å². The molecular formula is C32H40BrN3O4S. The Bertz CT molecular complexity index is 1430. The van der Waals surface area contributed by atoms with Crippen LogP contribution in [-0.4, -0.2) is 50.5 Å². The Hall–Kier alpha value is -3.17. The molecule has 0 aliphatic heterocycles.